The molecule has 1 atom stereocenters. The molecular formula is C15H20O2. The quantitative estimate of drug-likeness (QED) is 0.838. The number of allylic oxidation sites excluding steroid dienone is 1. The summed E-state index contributed by atoms with van der Waals surface area (Å²) >= 11 is 0. The summed E-state index contributed by atoms with van der Waals surface area (Å²) in [6.07, 6.45) is 5.63. The van der Waals surface area contributed by atoms with Crippen molar-refractivity contribution in [1.29, 1.82) is 0 Å². The SMILES string of the molecule is Cc1ccc(C)c(/C=C/CCC(C)C(=O)O)c1. The van der Waals surface area contributed by atoms with E-state index < -0.39 is 5.97 Å². The van der Waals surface area contributed by atoms with Gasteiger partial charge in [0.15, 0.2) is 0 Å². The van der Waals surface area contributed by atoms with Crippen LogP contribution < -0.4 is 0 Å². The number of rotatable bonds is 5. The van der Waals surface area contributed by atoms with Crippen LogP contribution >= 0.6 is 0 Å². The molecule has 0 aliphatic carbocycles. The normalized spacial score (nSPS) is 12.9. The smallest absolute Gasteiger partial charge is 0.306 e. The van der Waals surface area contributed by atoms with E-state index in [1.165, 1.54) is 16.7 Å². The van der Waals surface area contributed by atoms with E-state index in [1.54, 1.807) is 6.92 Å². The fourth-order valence-corrected chi connectivity index (χ4v) is 1.62. The minimum atomic E-state index is -0.717. The molecule has 0 aliphatic rings. The molecule has 0 bridgehead atoms. The Labute approximate surface area is 103 Å². The van der Waals surface area contributed by atoms with Crippen molar-refractivity contribution in [3.05, 3.63) is 41.0 Å². The van der Waals surface area contributed by atoms with Crippen molar-refractivity contribution in [1.82, 2.24) is 0 Å². The van der Waals surface area contributed by atoms with Crippen molar-refractivity contribution in [3.63, 3.8) is 0 Å². The topological polar surface area (TPSA) is 37.3 Å². The number of benzene rings is 1. The van der Waals surface area contributed by atoms with Crippen LogP contribution in [0.4, 0.5) is 0 Å². The fraction of sp³-hybridized carbons (Fsp3) is 0.400. The average molecular weight is 232 g/mol. The van der Waals surface area contributed by atoms with Crippen molar-refractivity contribution in [2.75, 3.05) is 0 Å². The molecule has 2 nitrogen and oxygen atoms in total. The third-order valence-corrected chi connectivity index (χ3v) is 2.92. The Morgan fingerprint density at radius 2 is 2.12 bits per heavy atom. The summed E-state index contributed by atoms with van der Waals surface area (Å²) in [5.74, 6) is -0.983. The van der Waals surface area contributed by atoms with Gasteiger partial charge in [-0.3, -0.25) is 4.79 Å². The van der Waals surface area contributed by atoms with E-state index in [1.807, 2.05) is 0 Å². The second kappa shape index (κ2) is 6.24. The summed E-state index contributed by atoms with van der Waals surface area (Å²) in [6, 6.07) is 6.35. The fourth-order valence-electron chi connectivity index (χ4n) is 1.62. The van der Waals surface area contributed by atoms with Crippen LogP contribution in [-0.4, -0.2) is 11.1 Å². The van der Waals surface area contributed by atoms with Gasteiger partial charge in [0.1, 0.15) is 0 Å². The van der Waals surface area contributed by atoms with E-state index in [0.717, 1.165) is 6.42 Å². The summed E-state index contributed by atoms with van der Waals surface area (Å²) in [4.78, 5) is 10.6. The zero-order chi connectivity index (χ0) is 12.8. The highest BCUT2D eigenvalue weighted by Gasteiger charge is 2.08. The molecule has 0 heterocycles. The van der Waals surface area contributed by atoms with Gasteiger partial charge < -0.3 is 5.11 Å². The molecular weight excluding hydrogens is 212 g/mol. The molecule has 0 saturated heterocycles. The minimum absolute atomic E-state index is 0.266. The molecule has 2 heteroatoms. The summed E-state index contributed by atoms with van der Waals surface area (Å²) in [5.41, 5.74) is 3.71. The molecule has 0 aliphatic heterocycles. The molecule has 0 aromatic heterocycles. The van der Waals surface area contributed by atoms with Gasteiger partial charge in [0.25, 0.3) is 0 Å². The molecule has 1 rings (SSSR count). The van der Waals surface area contributed by atoms with E-state index in [2.05, 4.69) is 44.2 Å². The maximum Gasteiger partial charge on any atom is 0.306 e. The number of carbonyl (C=O) groups is 1. The molecule has 17 heavy (non-hydrogen) atoms. The van der Waals surface area contributed by atoms with Crippen molar-refractivity contribution in [2.45, 2.75) is 33.6 Å². The van der Waals surface area contributed by atoms with Gasteiger partial charge in [-0.2, -0.15) is 0 Å². The van der Waals surface area contributed by atoms with E-state index >= 15 is 0 Å². The molecule has 1 aromatic carbocycles. The van der Waals surface area contributed by atoms with Crippen molar-refractivity contribution >= 4 is 12.0 Å². The maximum atomic E-state index is 10.6. The van der Waals surface area contributed by atoms with Crippen LogP contribution in [0, 0.1) is 19.8 Å². The van der Waals surface area contributed by atoms with Gasteiger partial charge in [0.2, 0.25) is 0 Å². The van der Waals surface area contributed by atoms with Crippen LogP contribution in [0.25, 0.3) is 6.08 Å². The van der Waals surface area contributed by atoms with Gasteiger partial charge >= 0.3 is 5.97 Å². The van der Waals surface area contributed by atoms with Crippen LogP contribution in [-0.2, 0) is 4.79 Å². The summed E-state index contributed by atoms with van der Waals surface area (Å²) in [5, 5.41) is 8.75. The minimum Gasteiger partial charge on any atom is -0.481 e. The monoisotopic (exact) mass is 232 g/mol. The largest absolute Gasteiger partial charge is 0.481 e. The van der Waals surface area contributed by atoms with Gasteiger partial charge in [0.05, 0.1) is 5.92 Å². The Kier molecular flexibility index (Phi) is 4.95. The molecule has 0 radical (unpaired) electrons. The summed E-state index contributed by atoms with van der Waals surface area (Å²) in [6.45, 7) is 5.90. The van der Waals surface area contributed by atoms with Crippen molar-refractivity contribution < 1.29 is 9.90 Å². The van der Waals surface area contributed by atoms with Gasteiger partial charge in [0, 0.05) is 0 Å². The van der Waals surface area contributed by atoms with Gasteiger partial charge in [-0.1, -0.05) is 42.8 Å². The van der Waals surface area contributed by atoms with Crippen LogP contribution in [0.1, 0.15) is 36.5 Å². The number of aliphatic carboxylic acids is 1. The first-order valence-electron chi connectivity index (χ1n) is 5.97. The third kappa shape index (κ3) is 4.43. The Morgan fingerprint density at radius 1 is 1.41 bits per heavy atom. The number of hydrogen-bond acceptors (Lipinski definition) is 1. The highest BCUT2D eigenvalue weighted by atomic mass is 16.4. The van der Waals surface area contributed by atoms with Crippen LogP contribution in [0.5, 0.6) is 0 Å². The van der Waals surface area contributed by atoms with Gasteiger partial charge in [-0.15, -0.1) is 0 Å². The predicted molar refractivity (Wildman–Crippen MR) is 71.0 cm³/mol. The molecule has 0 amide bonds. The first kappa shape index (κ1) is 13.5. The highest BCUT2D eigenvalue weighted by molar-refractivity contribution is 5.69. The predicted octanol–water partition coefficient (Wildman–Crippen LogP) is 3.82. The Bertz CT molecular complexity index is 419. The van der Waals surface area contributed by atoms with Crippen molar-refractivity contribution in [2.24, 2.45) is 5.92 Å². The second-order valence-electron chi connectivity index (χ2n) is 4.58. The van der Waals surface area contributed by atoms with Crippen LogP contribution in [0.2, 0.25) is 0 Å². The molecule has 92 valence electrons. The Hall–Kier alpha value is -1.57. The third-order valence-electron chi connectivity index (χ3n) is 2.92. The molecule has 1 aromatic rings. The summed E-state index contributed by atoms with van der Waals surface area (Å²) < 4.78 is 0. The molecule has 0 fully saturated rings. The van der Waals surface area contributed by atoms with Crippen LogP contribution in [0.3, 0.4) is 0 Å². The van der Waals surface area contributed by atoms with E-state index in [0.29, 0.717) is 6.42 Å². The number of carboxylic acid groups (broad SMARTS) is 1. The lowest BCUT2D eigenvalue weighted by Gasteiger charge is -2.03. The first-order valence-corrected chi connectivity index (χ1v) is 5.97. The molecule has 0 saturated carbocycles. The molecule has 1 unspecified atom stereocenters. The Morgan fingerprint density at radius 3 is 2.76 bits per heavy atom. The van der Waals surface area contributed by atoms with Gasteiger partial charge in [-0.05, 0) is 37.8 Å². The van der Waals surface area contributed by atoms with Crippen molar-refractivity contribution in [3.8, 4) is 0 Å². The Balaban J connectivity index is 2.54. The van der Waals surface area contributed by atoms with Gasteiger partial charge in [-0.25, -0.2) is 0 Å². The average Bonchev–Trinajstić information content (AvgIpc) is 2.28. The molecule has 1 N–H and O–H groups in total. The standard InChI is InChI=1S/C15H20O2/c1-11-8-9-12(2)14(10-11)7-5-4-6-13(3)15(16)17/h5,7-10,13H,4,6H2,1-3H3,(H,16,17)/b7-5+. The van der Waals surface area contributed by atoms with E-state index in [9.17, 15) is 4.79 Å². The maximum absolute atomic E-state index is 10.6. The van der Waals surface area contributed by atoms with E-state index in [4.69, 9.17) is 5.11 Å². The summed E-state index contributed by atoms with van der Waals surface area (Å²) in [7, 11) is 0. The lowest BCUT2D eigenvalue weighted by molar-refractivity contribution is -0.141. The van der Waals surface area contributed by atoms with E-state index in [-0.39, 0.29) is 5.92 Å². The zero-order valence-corrected chi connectivity index (χ0v) is 10.7. The number of carboxylic acids is 1. The lowest BCUT2D eigenvalue weighted by Crippen LogP contribution is -2.08. The van der Waals surface area contributed by atoms with Crippen LogP contribution in [0.15, 0.2) is 24.3 Å². The number of aryl methyl sites for hydroxylation is 2. The lowest BCUT2D eigenvalue weighted by atomic mass is 10.0. The second-order valence-corrected chi connectivity index (χ2v) is 4.58. The molecule has 0 spiro atoms. The zero-order valence-electron chi connectivity index (χ0n) is 10.7. The number of hydrogen-bond donors (Lipinski definition) is 1. The highest BCUT2D eigenvalue weighted by Crippen LogP contribution is 2.14. The first-order chi connectivity index (χ1) is 8.00.